The molecular weight excluding hydrogens is 206 g/mol. The van der Waals surface area contributed by atoms with Crippen LogP contribution in [0.25, 0.3) is 0 Å². The molecule has 0 radical (unpaired) electrons. The fraction of sp³-hybridized carbons (Fsp3) is 0.455. The van der Waals surface area contributed by atoms with E-state index in [2.05, 4.69) is 9.88 Å². The van der Waals surface area contributed by atoms with Crippen molar-refractivity contribution in [2.75, 3.05) is 23.7 Å². The second-order valence-electron chi connectivity index (χ2n) is 3.99. The van der Waals surface area contributed by atoms with Crippen molar-refractivity contribution < 1.29 is 9.90 Å². The van der Waals surface area contributed by atoms with Gasteiger partial charge in [-0.3, -0.25) is 0 Å². The lowest BCUT2D eigenvalue weighted by atomic mass is 10.1. The van der Waals surface area contributed by atoms with Crippen molar-refractivity contribution in [3.63, 3.8) is 0 Å². The number of hydrogen-bond acceptors (Lipinski definition) is 4. The van der Waals surface area contributed by atoms with Crippen molar-refractivity contribution in [2.24, 2.45) is 0 Å². The Kier molecular flexibility index (Phi) is 2.94. The number of nitrogens with zero attached hydrogens (tertiary/aromatic N) is 2. The lowest BCUT2D eigenvalue weighted by Crippen LogP contribution is -2.31. The van der Waals surface area contributed by atoms with E-state index in [-0.39, 0.29) is 5.56 Å². The summed E-state index contributed by atoms with van der Waals surface area (Å²) in [4.78, 5) is 17.0. The molecule has 1 aromatic rings. The van der Waals surface area contributed by atoms with Gasteiger partial charge >= 0.3 is 5.97 Å². The largest absolute Gasteiger partial charge is 0.478 e. The van der Waals surface area contributed by atoms with Crippen LogP contribution >= 0.6 is 0 Å². The van der Waals surface area contributed by atoms with Gasteiger partial charge in [0, 0.05) is 19.3 Å². The highest BCUT2D eigenvalue weighted by Crippen LogP contribution is 2.24. The smallest absolute Gasteiger partial charge is 0.337 e. The summed E-state index contributed by atoms with van der Waals surface area (Å²) in [6, 6.07) is 1.47. The second kappa shape index (κ2) is 4.38. The van der Waals surface area contributed by atoms with Crippen LogP contribution in [0.2, 0.25) is 0 Å². The number of aromatic nitrogens is 1. The van der Waals surface area contributed by atoms with E-state index in [0.717, 1.165) is 25.9 Å². The van der Waals surface area contributed by atoms with Crippen LogP contribution in [0.4, 0.5) is 11.5 Å². The minimum atomic E-state index is -0.996. The number of rotatable bonds is 2. The van der Waals surface area contributed by atoms with E-state index in [1.165, 1.54) is 18.7 Å². The Labute approximate surface area is 93.9 Å². The van der Waals surface area contributed by atoms with Crippen molar-refractivity contribution in [1.29, 1.82) is 0 Å². The van der Waals surface area contributed by atoms with E-state index in [9.17, 15) is 4.79 Å². The Morgan fingerprint density at radius 1 is 1.38 bits per heavy atom. The van der Waals surface area contributed by atoms with E-state index >= 15 is 0 Å². The zero-order valence-corrected chi connectivity index (χ0v) is 9.02. The lowest BCUT2D eigenvalue weighted by molar-refractivity contribution is 0.0696. The van der Waals surface area contributed by atoms with Crippen LogP contribution in [0.5, 0.6) is 0 Å². The summed E-state index contributed by atoms with van der Waals surface area (Å²) >= 11 is 0. The Morgan fingerprint density at radius 2 is 2.06 bits per heavy atom. The van der Waals surface area contributed by atoms with Gasteiger partial charge in [-0.25, -0.2) is 9.78 Å². The summed E-state index contributed by atoms with van der Waals surface area (Å²) in [5.41, 5.74) is 6.41. The van der Waals surface area contributed by atoms with Crippen LogP contribution in [0.1, 0.15) is 29.6 Å². The van der Waals surface area contributed by atoms with Gasteiger partial charge in [-0.15, -0.1) is 0 Å². The molecule has 0 saturated carbocycles. The maximum atomic E-state index is 10.7. The molecule has 0 aromatic carbocycles. The van der Waals surface area contributed by atoms with E-state index < -0.39 is 5.97 Å². The zero-order chi connectivity index (χ0) is 11.5. The Morgan fingerprint density at radius 3 is 2.62 bits per heavy atom. The number of carboxylic acids is 1. The van der Waals surface area contributed by atoms with Crippen LogP contribution in [-0.4, -0.2) is 29.1 Å². The molecule has 5 nitrogen and oxygen atoms in total. The SMILES string of the molecule is Nc1cc(C(=O)O)cnc1N1CCCCC1. The maximum Gasteiger partial charge on any atom is 0.337 e. The molecule has 0 unspecified atom stereocenters. The molecule has 0 atom stereocenters. The molecule has 1 fully saturated rings. The minimum Gasteiger partial charge on any atom is -0.478 e. The van der Waals surface area contributed by atoms with Gasteiger partial charge in [-0.05, 0) is 25.3 Å². The first-order valence-corrected chi connectivity index (χ1v) is 5.42. The number of pyridine rings is 1. The van der Waals surface area contributed by atoms with Gasteiger partial charge in [0.05, 0.1) is 11.3 Å². The first-order chi connectivity index (χ1) is 7.68. The molecule has 2 rings (SSSR count). The summed E-state index contributed by atoms with van der Waals surface area (Å²) in [5.74, 6) is -0.283. The molecule has 16 heavy (non-hydrogen) atoms. The van der Waals surface area contributed by atoms with Gasteiger partial charge in [0.15, 0.2) is 5.82 Å². The molecule has 1 saturated heterocycles. The fourth-order valence-corrected chi connectivity index (χ4v) is 1.96. The van der Waals surface area contributed by atoms with Crippen molar-refractivity contribution in [3.05, 3.63) is 17.8 Å². The maximum absolute atomic E-state index is 10.7. The highest BCUT2D eigenvalue weighted by Gasteiger charge is 2.16. The summed E-state index contributed by atoms with van der Waals surface area (Å²) in [7, 11) is 0. The number of nitrogens with two attached hydrogens (primary N) is 1. The normalized spacial score (nSPS) is 16.1. The number of carboxylic acid groups (broad SMARTS) is 1. The van der Waals surface area contributed by atoms with E-state index in [1.807, 2.05) is 0 Å². The lowest BCUT2D eigenvalue weighted by Gasteiger charge is -2.28. The van der Waals surface area contributed by atoms with Crippen molar-refractivity contribution >= 4 is 17.5 Å². The topological polar surface area (TPSA) is 79.5 Å². The van der Waals surface area contributed by atoms with E-state index in [1.54, 1.807) is 0 Å². The summed E-state index contributed by atoms with van der Waals surface area (Å²) in [5, 5.41) is 8.80. The van der Waals surface area contributed by atoms with Gasteiger partial charge in [0.2, 0.25) is 0 Å². The monoisotopic (exact) mass is 221 g/mol. The average Bonchev–Trinajstić information content (AvgIpc) is 2.30. The molecule has 1 aliphatic rings. The third-order valence-electron chi connectivity index (χ3n) is 2.80. The third-order valence-corrected chi connectivity index (χ3v) is 2.80. The molecule has 0 spiro atoms. The third kappa shape index (κ3) is 2.08. The van der Waals surface area contributed by atoms with Gasteiger partial charge in [-0.1, -0.05) is 0 Å². The fourth-order valence-electron chi connectivity index (χ4n) is 1.96. The molecule has 5 heteroatoms. The molecule has 1 aromatic heterocycles. The van der Waals surface area contributed by atoms with Crippen LogP contribution in [0, 0.1) is 0 Å². The zero-order valence-electron chi connectivity index (χ0n) is 9.02. The molecule has 0 aliphatic carbocycles. The van der Waals surface area contributed by atoms with Crippen LogP contribution in [-0.2, 0) is 0 Å². The molecular formula is C11H15N3O2. The highest BCUT2D eigenvalue weighted by atomic mass is 16.4. The number of hydrogen-bond donors (Lipinski definition) is 2. The molecule has 3 N–H and O–H groups in total. The Hall–Kier alpha value is -1.78. The molecule has 0 amide bonds. The number of carbonyl (C=O) groups is 1. The van der Waals surface area contributed by atoms with Gasteiger partial charge in [-0.2, -0.15) is 0 Å². The van der Waals surface area contributed by atoms with Crippen molar-refractivity contribution in [2.45, 2.75) is 19.3 Å². The van der Waals surface area contributed by atoms with Gasteiger partial charge in [0.1, 0.15) is 0 Å². The average molecular weight is 221 g/mol. The van der Waals surface area contributed by atoms with E-state index in [4.69, 9.17) is 10.8 Å². The number of nitrogen functional groups attached to an aromatic ring is 1. The quantitative estimate of drug-likeness (QED) is 0.788. The highest BCUT2D eigenvalue weighted by molar-refractivity contribution is 5.89. The van der Waals surface area contributed by atoms with Crippen LogP contribution in [0.3, 0.4) is 0 Å². The summed E-state index contributed by atoms with van der Waals surface area (Å²) in [6.45, 7) is 1.90. The summed E-state index contributed by atoms with van der Waals surface area (Å²) < 4.78 is 0. The van der Waals surface area contributed by atoms with Crippen molar-refractivity contribution in [3.8, 4) is 0 Å². The number of aromatic carboxylic acids is 1. The number of piperidine rings is 1. The van der Waals surface area contributed by atoms with Gasteiger partial charge < -0.3 is 15.7 Å². The van der Waals surface area contributed by atoms with Crippen molar-refractivity contribution in [1.82, 2.24) is 4.98 Å². The molecule has 86 valence electrons. The van der Waals surface area contributed by atoms with Crippen LogP contribution in [0.15, 0.2) is 12.3 Å². The minimum absolute atomic E-state index is 0.137. The second-order valence-corrected chi connectivity index (χ2v) is 3.99. The summed E-state index contributed by atoms with van der Waals surface area (Å²) in [6.07, 6.45) is 4.88. The predicted molar refractivity (Wildman–Crippen MR) is 61.7 cm³/mol. The standard InChI is InChI=1S/C11H15N3O2/c12-9-6-8(11(15)16)7-13-10(9)14-4-2-1-3-5-14/h6-7H,1-5,12H2,(H,15,16). The number of anilines is 2. The predicted octanol–water partition coefficient (Wildman–Crippen LogP) is 1.35. The first-order valence-electron chi connectivity index (χ1n) is 5.42. The van der Waals surface area contributed by atoms with Gasteiger partial charge in [0.25, 0.3) is 0 Å². The Bertz CT molecular complexity index is 400. The molecule has 2 heterocycles. The first kappa shape index (κ1) is 10.7. The van der Waals surface area contributed by atoms with E-state index in [0.29, 0.717) is 11.5 Å². The Balaban J connectivity index is 2.24. The molecule has 0 bridgehead atoms. The van der Waals surface area contributed by atoms with Crippen LogP contribution < -0.4 is 10.6 Å². The molecule has 1 aliphatic heterocycles.